The minimum atomic E-state index is -1.10. The fraction of sp³-hybridized carbons (Fsp3) is 0.353. The highest BCUT2D eigenvalue weighted by atomic mass is 32.2. The SMILES string of the molecule is COCC=C1SC2C(NC(=O)COc3ccccc3)C(=O)N2[C@H]1C(=O)O. The summed E-state index contributed by atoms with van der Waals surface area (Å²) in [6.07, 6.45) is 1.65. The molecule has 2 amide bonds. The van der Waals surface area contributed by atoms with Crippen LogP contribution < -0.4 is 10.1 Å². The van der Waals surface area contributed by atoms with Crippen LogP contribution in [0.25, 0.3) is 0 Å². The summed E-state index contributed by atoms with van der Waals surface area (Å²) in [5.74, 6) is -1.40. The molecule has 2 aliphatic heterocycles. The topological polar surface area (TPSA) is 105 Å². The Morgan fingerprint density at radius 2 is 2.08 bits per heavy atom. The lowest BCUT2D eigenvalue weighted by molar-refractivity contribution is -0.158. The molecule has 0 radical (unpaired) electrons. The molecule has 2 saturated heterocycles. The van der Waals surface area contributed by atoms with E-state index in [9.17, 15) is 19.5 Å². The molecule has 9 heteroatoms. The molecule has 0 aliphatic carbocycles. The van der Waals surface area contributed by atoms with Gasteiger partial charge in [0.2, 0.25) is 5.91 Å². The quantitative estimate of drug-likeness (QED) is 0.664. The number of para-hydroxylation sites is 1. The third-order valence-electron chi connectivity index (χ3n) is 4.00. The largest absolute Gasteiger partial charge is 0.484 e. The van der Waals surface area contributed by atoms with Gasteiger partial charge in [0.05, 0.1) is 6.61 Å². The molecule has 1 aromatic carbocycles. The van der Waals surface area contributed by atoms with Gasteiger partial charge in [0.25, 0.3) is 5.91 Å². The minimum absolute atomic E-state index is 0.222. The van der Waals surface area contributed by atoms with Crippen LogP contribution in [0.15, 0.2) is 41.3 Å². The van der Waals surface area contributed by atoms with E-state index in [1.807, 2.05) is 6.07 Å². The van der Waals surface area contributed by atoms with E-state index in [0.29, 0.717) is 10.7 Å². The van der Waals surface area contributed by atoms with Gasteiger partial charge in [-0.15, -0.1) is 11.8 Å². The number of carbonyl (C=O) groups is 3. The summed E-state index contributed by atoms with van der Waals surface area (Å²) in [5, 5.41) is 11.6. The number of nitrogens with one attached hydrogen (secondary N) is 1. The molecule has 3 rings (SSSR count). The lowest BCUT2D eigenvalue weighted by atomic mass is 10.0. The van der Waals surface area contributed by atoms with Crippen molar-refractivity contribution in [1.29, 1.82) is 0 Å². The van der Waals surface area contributed by atoms with E-state index in [2.05, 4.69) is 5.32 Å². The number of hydrogen-bond donors (Lipinski definition) is 2. The van der Waals surface area contributed by atoms with Gasteiger partial charge in [-0.25, -0.2) is 4.79 Å². The van der Waals surface area contributed by atoms with E-state index < -0.39 is 35.2 Å². The number of rotatable bonds is 7. The first-order valence-corrected chi connectivity index (χ1v) is 8.78. The summed E-state index contributed by atoms with van der Waals surface area (Å²) in [6, 6.07) is 7.06. The first-order chi connectivity index (χ1) is 12.5. The summed E-state index contributed by atoms with van der Waals surface area (Å²) in [5.41, 5.74) is 0. The number of thioether (sulfide) groups is 1. The molecule has 2 N–H and O–H groups in total. The van der Waals surface area contributed by atoms with Crippen LogP contribution in [0.2, 0.25) is 0 Å². The van der Waals surface area contributed by atoms with Gasteiger partial charge in [0.1, 0.15) is 17.2 Å². The maximum Gasteiger partial charge on any atom is 0.331 e. The Labute approximate surface area is 154 Å². The lowest BCUT2D eigenvalue weighted by Crippen LogP contribution is -2.70. The Kier molecular flexibility index (Phi) is 5.48. The molecule has 0 saturated carbocycles. The Balaban J connectivity index is 1.60. The minimum Gasteiger partial charge on any atom is -0.484 e. The van der Waals surface area contributed by atoms with Crippen molar-refractivity contribution in [3.8, 4) is 5.75 Å². The van der Waals surface area contributed by atoms with E-state index >= 15 is 0 Å². The smallest absolute Gasteiger partial charge is 0.331 e. The fourth-order valence-electron chi connectivity index (χ4n) is 2.81. The van der Waals surface area contributed by atoms with Gasteiger partial charge in [-0.3, -0.25) is 9.59 Å². The number of ether oxygens (including phenoxy) is 2. The molecule has 3 atom stereocenters. The molecule has 0 aromatic heterocycles. The number of methoxy groups -OCH3 is 1. The third-order valence-corrected chi connectivity index (χ3v) is 5.40. The van der Waals surface area contributed by atoms with Crippen molar-refractivity contribution in [2.24, 2.45) is 0 Å². The van der Waals surface area contributed by atoms with Crippen molar-refractivity contribution in [3.05, 3.63) is 41.3 Å². The van der Waals surface area contributed by atoms with Gasteiger partial charge < -0.3 is 24.8 Å². The Morgan fingerprint density at radius 1 is 1.35 bits per heavy atom. The zero-order valence-corrected chi connectivity index (χ0v) is 14.8. The molecule has 0 bridgehead atoms. The van der Waals surface area contributed by atoms with Gasteiger partial charge in [-0.05, 0) is 18.2 Å². The van der Waals surface area contributed by atoms with Gasteiger partial charge in [-0.1, -0.05) is 18.2 Å². The number of carboxylic acids is 1. The molecule has 2 heterocycles. The highest BCUT2D eigenvalue weighted by molar-refractivity contribution is 8.04. The maximum atomic E-state index is 12.3. The highest BCUT2D eigenvalue weighted by Gasteiger charge is 2.59. The van der Waals surface area contributed by atoms with E-state index in [-0.39, 0.29) is 13.2 Å². The second-order valence-electron chi connectivity index (χ2n) is 5.70. The van der Waals surface area contributed by atoms with Gasteiger partial charge >= 0.3 is 5.97 Å². The normalized spacial score (nSPS) is 25.6. The first kappa shape index (κ1) is 18.3. The summed E-state index contributed by atoms with van der Waals surface area (Å²) >= 11 is 1.25. The first-order valence-electron chi connectivity index (χ1n) is 7.90. The van der Waals surface area contributed by atoms with Crippen molar-refractivity contribution in [3.63, 3.8) is 0 Å². The lowest BCUT2D eigenvalue weighted by Gasteiger charge is -2.42. The second kappa shape index (κ2) is 7.79. The standard InChI is InChI=1S/C17H18N2O6S/c1-24-8-7-11-14(17(22)23)19-15(21)13(16(19)26-11)18-12(20)9-25-10-5-3-2-4-6-10/h2-7,13-14,16H,8-9H2,1H3,(H,18,20)(H,22,23)/t13?,14-,16?/m1/s1. The van der Waals surface area contributed by atoms with Crippen LogP contribution in [0.5, 0.6) is 5.75 Å². The van der Waals surface area contributed by atoms with Crippen LogP contribution in [0, 0.1) is 0 Å². The van der Waals surface area contributed by atoms with Gasteiger partial charge in [-0.2, -0.15) is 0 Å². The molecule has 2 aliphatic rings. The van der Waals surface area contributed by atoms with Crippen molar-refractivity contribution in [2.45, 2.75) is 17.5 Å². The Morgan fingerprint density at radius 3 is 2.73 bits per heavy atom. The van der Waals surface area contributed by atoms with E-state index in [4.69, 9.17) is 9.47 Å². The number of fused-ring (bicyclic) bond motifs is 1. The van der Waals surface area contributed by atoms with E-state index in [0.717, 1.165) is 0 Å². The van der Waals surface area contributed by atoms with E-state index in [1.54, 1.807) is 30.3 Å². The summed E-state index contributed by atoms with van der Waals surface area (Å²) in [7, 11) is 1.50. The van der Waals surface area contributed by atoms with Gasteiger partial charge in [0, 0.05) is 12.0 Å². The number of carbonyl (C=O) groups excluding carboxylic acids is 2. The molecule has 8 nitrogen and oxygen atoms in total. The Bertz CT molecular complexity index is 738. The molecule has 26 heavy (non-hydrogen) atoms. The maximum absolute atomic E-state index is 12.3. The number of carboxylic acid groups (broad SMARTS) is 1. The average Bonchev–Trinajstić information content (AvgIpc) is 2.99. The zero-order chi connectivity index (χ0) is 18.7. The Hall–Kier alpha value is -2.52. The predicted octanol–water partition coefficient (Wildman–Crippen LogP) is 0.449. The fourth-order valence-corrected chi connectivity index (χ4v) is 4.25. The van der Waals surface area contributed by atoms with E-state index in [1.165, 1.54) is 23.8 Å². The van der Waals surface area contributed by atoms with Crippen molar-refractivity contribution >= 4 is 29.5 Å². The van der Waals surface area contributed by atoms with Crippen LogP contribution in [-0.2, 0) is 19.1 Å². The molecular formula is C17H18N2O6S. The number of nitrogens with zero attached hydrogens (tertiary/aromatic N) is 1. The predicted molar refractivity (Wildman–Crippen MR) is 93.5 cm³/mol. The molecule has 2 fully saturated rings. The zero-order valence-electron chi connectivity index (χ0n) is 14.0. The second-order valence-corrected chi connectivity index (χ2v) is 6.89. The molecule has 138 valence electrons. The van der Waals surface area contributed by atoms with Crippen molar-refractivity contribution < 1.29 is 29.0 Å². The monoisotopic (exact) mass is 378 g/mol. The summed E-state index contributed by atoms with van der Waals surface area (Å²) in [4.78, 5) is 37.7. The van der Waals surface area contributed by atoms with Crippen LogP contribution in [0.3, 0.4) is 0 Å². The molecule has 2 unspecified atom stereocenters. The summed E-state index contributed by atoms with van der Waals surface area (Å²) < 4.78 is 10.3. The van der Waals surface area contributed by atoms with Crippen LogP contribution in [0.1, 0.15) is 0 Å². The van der Waals surface area contributed by atoms with Crippen LogP contribution in [0.4, 0.5) is 0 Å². The highest BCUT2D eigenvalue weighted by Crippen LogP contribution is 2.46. The van der Waals surface area contributed by atoms with Crippen LogP contribution in [-0.4, -0.2) is 65.6 Å². The molecule has 1 aromatic rings. The third kappa shape index (κ3) is 3.54. The summed E-state index contributed by atoms with van der Waals surface area (Å²) in [6.45, 7) is 0.0305. The van der Waals surface area contributed by atoms with Crippen molar-refractivity contribution in [1.82, 2.24) is 10.2 Å². The number of amides is 2. The molecule has 0 spiro atoms. The number of aliphatic carboxylic acids is 1. The number of β-lactam (4-membered cyclic amide) rings is 1. The van der Waals surface area contributed by atoms with Crippen molar-refractivity contribution in [2.75, 3.05) is 20.3 Å². The average molecular weight is 378 g/mol. The number of benzene rings is 1. The molecular weight excluding hydrogens is 360 g/mol. The van der Waals surface area contributed by atoms with Crippen LogP contribution >= 0.6 is 11.8 Å². The van der Waals surface area contributed by atoms with Gasteiger partial charge in [0.15, 0.2) is 12.6 Å². The number of hydrogen-bond acceptors (Lipinski definition) is 6.